The number of benzene rings is 1. The van der Waals surface area contributed by atoms with Gasteiger partial charge in [0.25, 0.3) is 0 Å². The molecule has 3 aromatic rings. The lowest BCUT2D eigenvalue weighted by Gasteiger charge is -2.09. The monoisotopic (exact) mass is 533 g/mol. The van der Waals surface area contributed by atoms with Crippen molar-refractivity contribution in [2.24, 2.45) is 0 Å². The van der Waals surface area contributed by atoms with Gasteiger partial charge in [0.2, 0.25) is 0 Å². The minimum atomic E-state index is -5.92. The number of alkyl halides is 6. The van der Waals surface area contributed by atoms with Crippen molar-refractivity contribution in [2.45, 2.75) is 23.1 Å². The third kappa shape index (κ3) is 5.81. The number of rotatable bonds is 7. The van der Waals surface area contributed by atoms with Crippen LogP contribution in [0.4, 0.5) is 26.3 Å². The van der Waals surface area contributed by atoms with Gasteiger partial charge in [0, 0.05) is 9.77 Å². The summed E-state index contributed by atoms with van der Waals surface area (Å²) in [5.41, 5.74) is -6.69. The number of hydrogen-bond donors (Lipinski definition) is 0. The average molecular weight is 533 g/mol. The Kier molecular flexibility index (Phi) is 7.05. The molecule has 7 nitrogen and oxygen atoms in total. The van der Waals surface area contributed by atoms with Gasteiger partial charge in [-0.2, -0.15) is 39.9 Å². The molecule has 0 N–H and O–H groups in total. The lowest BCUT2D eigenvalue weighted by molar-refractivity contribution is -0.141. The Morgan fingerprint density at radius 2 is 1.73 bits per heavy atom. The summed E-state index contributed by atoms with van der Waals surface area (Å²) in [7, 11) is -5.92. The summed E-state index contributed by atoms with van der Waals surface area (Å²) in [5.74, 6) is 0. The second kappa shape index (κ2) is 9.17. The predicted octanol–water partition coefficient (Wildman–Crippen LogP) is 4.40. The van der Waals surface area contributed by atoms with E-state index in [4.69, 9.17) is 0 Å². The standard InChI is InChI=1S/C17H12F6N2O5S3/c18-16(19,20)15-9-12(25(24-15)6-7-30-33(28,29)17(21,22)23)14-5-4-13(31-14)10-2-1-3-11(8-10)32(26)27/h1-5,8-9H,6-7H2,(H,26,27)/p-1. The van der Waals surface area contributed by atoms with Crippen LogP contribution in [0.5, 0.6) is 0 Å². The summed E-state index contributed by atoms with van der Waals surface area (Å²) in [6.07, 6.45) is -4.87. The third-order valence-corrected chi connectivity index (χ3v) is 6.90. The van der Waals surface area contributed by atoms with Crippen molar-refractivity contribution >= 4 is 32.5 Å². The van der Waals surface area contributed by atoms with Crippen LogP contribution in [0.25, 0.3) is 21.0 Å². The number of nitrogens with zero attached hydrogens (tertiary/aromatic N) is 2. The second-order valence-electron chi connectivity index (χ2n) is 6.28. The summed E-state index contributed by atoms with van der Waals surface area (Å²) in [6, 6.07) is 9.36. The van der Waals surface area contributed by atoms with Crippen LogP contribution >= 0.6 is 11.3 Å². The maximum Gasteiger partial charge on any atom is 0.523 e. The summed E-state index contributed by atoms with van der Waals surface area (Å²) in [5, 5.41) is 3.32. The Balaban J connectivity index is 1.92. The summed E-state index contributed by atoms with van der Waals surface area (Å²) < 4.78 is 125. The number of halogens is 6. The molecule has 0 aliphatic rings. The molecule has 0 amide bonds. The smallest absolute Gasteiger partial charge is 0.523 e. The molecule has 1 unspecified atom stereocenters. The van der Waals surface area contributed by atoms with Crippen LogP contribution in [0.3, 0.4) is 0 Å². The summed E-state index contributed by atoms with van der Waals surface area (Å²) >= 11 is -1.53. The number of aromatic nitrogens is 2. The molecule has 2 aromatic heterocycles. The molecule has 0 saturated heterocycles. The van der Waals surface area contributed by atoms with Gasteiger partial charge in [-0.05, 0) is 47.0 Å². The first-order chi connectivity index (χ1) is 15.2. The van der Waals surface area contributed by atoms with Gasteiger partial charge in [-0.25, -0.2) is 0 Å². The third-order valence-electron chi connectivity index (χ3n) is 4.06. The van der Waals surface area contributed by atoms with E-state index in [1.54, 1.807) is 6.07 Å². The Labute approximate surface area is 189 Å². The SMILES string of the molecule is O=S([O-])c1cccc(-c2ccc(-c3cc(C(F)(F)F)nn3CCOS(=O)(=O)C(F)(F)F)s2)c1. The van der Waals surface area contributed by atoms with E-state index in [1.165, 1.54) is 30.3 Å². The highest BCUT2D eigenvalue weighted by Crippen LogP contribution is 2.38. The molecular formula is C17H11F6N2O5S3-. The van der Waals surface area contributed by atoms with Gasteiger partial charge in [-0.15, -0.1) is 11.3 Å². The molecule has 0 fully saturated rings. The van der Waals surface area contributed by atoms with Crippen LogP contribution in [0.1, 0.15) is 5.69 Å². The van der Waals surface area contributed by atoms with Crippen LogP contribution in [0.2, 0.25) is 0 Å². The largest absolute Gasteiger partial charge is 0.768 e. The molecule has 1 aromatic carbocycles. The first kappa shape index (κ1) is 25.4. The maximum absolute atomic E-state index is 13.1. The van der Waals surface area contributed by atoms with Crippen LogP contribution in [-0.4, -0.2) is 39.1 Å². The number of hydrogen-bond acceptors (Lipinski definition) is 7. The Morgan fingerprint density at radius 1 is 1.06 bits per heavy atom. The van der Waals surface area contributed by atoms with Gasteiger partial charge < -0.3 is 4.55 Å². The van der Waals surface area contributed by atoms with E-state index in [0.717, 1.165) is 11.3 Å². The summed E-state index contributed by atoms with van der Waals surface area (Å²) in [4.78, 5) is 0.713. The average Bonchev–Trinajstić information content (AvgIpc) is 3.34. The molecule has 1 atom stereocenters. The molecule has 0 aliphatic heterocycles. The Bertz CT molecular complexity index is 1280. The molecule has 0 bridgehead atoms. The predicted molar refractivity (Wildman–Crippen MR) is 104 cm³/mol. The van der Waals surface area contributed by atoms with Crippen molar-refractivity contribution in [2.75, 3.05) is 6.61 Å². The molecule has 3 rings (SSSR count). The van der Waals surface area contributed by atoms with Crippen molar-refractivity contribution < 1.29 is 47.7 Å². The normalized spacial score (nSPS) is 13.9. The molecule has 33 heavy (non-hydrogen) atoms. The van der Waals surface area contributed by atoms with Crippen LogP contribution in [-0.2, 0) is 38.1 Å². The first-order valence-corrected chi connectivity index (χ1v) is 11.9. The van der Waals surface area contributed by atoms with E-state index in [2.05, 4.69) is 9.28 Å². The van der Waals surface area contributed by atoms with Gasteiger partial charge >= 0.3 is 21.8 Å². The van der Waals surface area contributed by atoms with E-state index >= 15 is 0 Å². The highest BCUT2D eigenvalue weighted by atomic mass is 32.2. The van der Waals surface area contributed by atoms with E-state index < -0.39 is 51.7 Å². The Morgan fingerprint density at radius 3 is 2.33 bits per heavy atom. The summed E-state index contributed by atoms with van der Waals surface area (Å²) in [6.45, 7) is -1.83. The molecule has 180 valence electrons. The van der Waals surface area contributed by atoms with Crippen molar-refractivity contribution in [3.8, 4) is 21.0 Å². The highest BCUT2D eigenvalue weighted by Gasteiger charge is 2.47. The maximum atomic E-state index is 13.1. The van der Waals surface area contributed by atoms with Crippen LogP contribution < -0.4 is 0 Å². The molecular weight excluding hydrogens is 522 g/mol. The fourth-order valence-corrected chi connectivity index (χ4v) is 4.47. The van der Waals surface area contributed by atoms with E-state index in [-0.39, 0.29) is 15.5 Å². The zero-order valence-corrected chi connectivity index (χ0v) is 18.3. The van der Waals surface area contributed by atoms with E-state index in [1.807, 2.05) is 0 Å². The van der Waals surface area contributed by atoms with Gasteiger partial charge in [-0.3, -0.25) is 13.1 Å². The van der Waals surface area contributed by atoms with Crippen LogP contribution in [0, 0.1) is 0 Å². The quantitative estimate of drug-likeness (QED) is 0.193. The van der Waals surface area contributed by atoms with E-state index in [0.29, 0.717) is 21.2 Å². The lowest BCUT2D eigenvalue weighted by atomic mass is 10.2. The molecule has 0 saturated carbocycles. The van der Waals surface area contributed by atoms with Gasteiger partial charge in [-0.1, -0.05) is 12.1 Å². The zero-order valence-electron chi connectivity index (χ0n) is 15.9. The fraction of sp³-hybridized carbons (Fsp3) is 0.235. The van der Waals surface area contributed by atoms with E-state index in [9.17, 15) is 43.5 Å². The van der Waals surface area contributed by atoms with Gasteiger partial charge in [0.15, 0.2) is 5.69 Å². The van der Waals surface area contributed by atoms with Crippen LogP contribution in [0.15, 0.2) is 47.4 Å². The first-order valence-electron chi connectivity index (χ1n) is 8.60. The minimum Gasteiger partial charge on any atom is -0.768 e. The number of thiophene rings is 1. The highest BCUT2D eigenvalue weighted by molar-refractivity contribution is 7.87. The minimum absolute atomic E-state index is 0.00475. The van der Waals surface area contributed by atoms with Crippen molar-refractivity contribution in [3.05, 3.63) is 48.2 Å². The fourth-order valence-electron chi connectivity index (χ4n) is 2.61. The zero-order chi connectivity index (χ0) is 24.6. The molecule has 2 heterocycles. The van der Waals surface area contributed by atoms with Crippen molar-refractivity contribution in [3.63, 3.8) is 0 Å². The van der Waals surface area contributed by atoms with Crippen molar-refractivity contribution in [1.29, 1.82) is 0 Å². The molecule has 0 spiro atoms. The van der Waals surface area contributed by atoms with Gasteiger partial charge in [0.1, 0.15) is 0 Å². The second-order valence-corrected chi connectivity index (χ2v) is 9.92. The molecule has 0 radical (unpaired) electrons. The lowest BCUT2D eigenvalue weighted by Crippen LogP contribution is -2.27. The molecule has 16 heteroatoms. The van der Waals surface area contributed by atoms with Crippen molar-refractivity contribution in [1.82, 2.24) is 9.78 Å². The topological polar surface area (TPSA) is 101 Å². The molecule has 0 aliphatic carbocycles. The Hall–Kier alpha value is -2.27. The van der Waals surface area contributed by atoms with Gasteiger partial charge in [0.05, 0.1) is 23.7 Å².